The molecule has 64 valence electrons. The fourth-order valence-electron chi connectivity index (χ4n) is 0.909. The molecule has 0 unspecified atom stereocenters. The lowest BCUT2D eigenvalue weighted by Gasteiger charge is -2.00. The summed E-state index contributed by atoms with van der Waals surface area (Å²) in [6, 6.07) is 8.06. The summed E-state index contributed by atoms with van der Waals surface area (Å²) >= 11 is 0. The van der Waals surface area contributed by atoms with Crippen molar-refractivity contribution in [2.45, 2.75) is 13.5 Å². The van der Waals surface area contributed by atoms with Gasteiger partial charge in [0.25, 0.3) is 0 Å². The third kappa shape index (κ3) is 2.84. The van der Waals surface area contributed by atoms with E-state index >= 15 is 0 Å². The Labute approximate surface area is 72.2 Å². The van der Waals surface area contributed by atoms with Crippen molar-refractivity contribution in [3.63, 3.8) is 0 Å². The van der Waals surface area contributed by atoms with Crippen LogP contribution in [0.1, 0.15) is 11.1 Å². The van der Waals surface area contributed by atoms with E-state index in [9.17, 15) is 4.79 Å². The van der Waals surface area contributed by atoms with Gasteiger partial charge in [-0.3, -0.25) is 0 Å². The minimum Gasteiger partial charge on any atom is -0.369 e. The number of rotatable bonds is 4. The number of carbonyl (C=O) groups excluding carboxylic acids is 1. The highest BCUT2D eigenvalue weighted by Gasteiger charge is 1.91. The van der Waals surface area contributed by atoms with E-state index in [0.29, 0.717) is 6.61 Å². The average Bonchev–Trinajstić information content (AvgIpc) is 2.09. The molecule has 12 heavy (non-hydrogen) atoms. The molecule has 0 saturated heterocycles. The Kier molecular flexibility index (Phi) is 3.48. The van der Waals surface area contributed by atoms with Gasteiger partial charge in [0, 0.05) is 0 Å². The number of hydrogen-bond acceptors (Lipinski definition) is 2. The van der Waals surface area contributed by atoms with E-state index in [4.69, 9.17) is 4.74 Å². The van der Waals surface area contributed by atoms with Gasteiger partial charge in [0.05, 0.1) is 6.61 Å². The molecule has 2 heteroatoms. The Bertz CT molecular complexity index is 239. The second-order valence-electron chi connectivity index (χ2n) is 2.67. The summed E-state index contributed by atoms with van der Waals surface area (Å²) in [6.07, 6.45) is 0.758. The van der Waals surface area contributed by atoms with Gasteiger partial charge in [-0.25, -0.2) is 0 Å². The summed E-state index contributed by atoms with van der Waals surface area (Å²) in [5.74, 6) is 0. The van der Waals surface area contributed by atoms with Crippen LogP contribution in [0.15, 0.2) is 24.3 Å². The van der Waals surface area contributed by atoms with Crippen molar-refractivity contribution in [2.24, 2.45) is 0 Å². The summed E-state index contributed by atoms with van der Waals surface area (Å²) in [5.41, 5.74) is 2.33. The van der Waals surface area contributed by atoms with Crippen LogP contribution >= 0.6 is 0 Å². The largest absolute Gasteiger partial charge is 0.369 e. The molecule has 1 rings (SSSR count). The lowest BCUT2D eigenvalue weighted by atomic mass is 10.2. The minimum absolute atomic E-state index is 0.174. The van der Waals surface area contributed by atoms with E-state index < -0.39 is 0 Å². The molecule has 0 N–H and O–H groups in total. The Balaban J connectivity index is 2.42. The molecule has 1 aromatic carbocycles. The predicted molar refractivity (Wildman–Crippen MR) is 46.9 cm³/mol. The quantitative estimate of drug-likeness (QED) is 0.500. The molecule has 0 radical (unpaired) electrons. The van der Waals surface area contributed by atoms with Gasteiger partial charge in [0.15, 0.2) is 0 Å². The molecule has 0 spiro atoms. The first-order chi connectivity index (χ1) is 5.83. The van der Waals surface area contributed by atoms with Gasteiger partial charge in [0.1, 0.15) is 12.9 Å². The normalized spacial score (nSPS) is 9.75. The van der Waals surface area contributed by atoms with Gasteiger partial charge in [-0.2, -0.15) is 0 Å². The number of carbonyl (C=O) groups is 1. The molecule has 0 fully saturated rings. The molecule has 0 atom stereocenters. The molecule has 2 nitrogen and oxygen atoms in total. The maximum absolute atomic E-state index is 9.92. The molecular weight excluding hydrogens is 152 g/mol. The molecule has 1 aromatic rings. The van der Waals surface area contributed by atoms with Gasteiger partial charge < -0.3 is 9.53 Å². The molecule has 0 aliphatic rings. The predicted octanol–water partition coefficient (Wildman–Crippen LogP) is 1.71. The van der Waals surface area contributed by atoms with Gasteiger partial charge >= 0.3 is 0 Å². The van der Waals surface area contributed by atoms with E-state index in [1.807, 2.05) is 31.2 Å². The minimum atomic E-state index is 0.174. The van der Waals surface area contributed by atoms with E-state index in [-0.39, 0.29) is 6.61 Å². The van der Waals surface area contributed by atoms with Crippen molar-refractivity contribution < 1.29 is 9.53 Å². The van der Waals surface area contributed by atoms with Crippen LogP contribution in [0, 0.1) is 6.92 Å². The third-order valence-electron chi connectivity index (χ3n) is 1.58. The van der Waals surface area contributed by atoms with Crippen molar-refractivity contribution in [1.82, 2.24) is 0 Å². The first-order valence-electron chi connectivity index (χ1n) is 3.90. The number of aldehydes is 1. The number of benzene rings is 1. The Hall–Kier alpha value is -1.15. The highest BCUT2D eigenvalue weighted by atomic mass is 16.5. The zero-order valence-electron chi connectivity index (χ0n) is 7.12. The maximum atomic E-state index is 9.92. The molecular formula is C10H12O2. The van der Waals surface area contributed by atoms with Crippen molar-refractivity contribution >= 4 is 6.29 Å². The van der Waals surface area contributed by atoms with E-state index in [1.54, 1.807) is 0 Å². The van der Waals surface area contributed by atoms with E-state index in [0.717, 1.165) is 11.8 Å². The topological polar surface area (TPSA) is 26.3 Å². The van der Waals surface area contributed by atoms with Crippen molar-refractivity contribution in [1.29, 1.82) is 0 Å². The lowest BCUT2D eigenvalue weighted by molar-refractivity contribution is -0.112. The van der Waals surface area contributed by atoms with Crippen molar-refractivity contribution in [2.75, 3.05) is 6.61 Å². The maximum Gasteiger partial charge on any atom is 0.145 e. The summed E-state index contributed by atoms with van der Waals surface area (Å²) < 4.78 is 5.04. The summed E-state index contributed by atoms with van der Waals surface area (Å²) in [5, 5.41) is 0. The summed E-state index contributed by atoms with van der Waals surface area (Å²) in [4.78, 5) is 9.92. The third-order valence-corrected chi connectivity index (χ3v) is 1.58. The van der Waals surface area contributed by atoms with Gasteiger partial charge in [0.2, 0.25) is 0 Å². The fraction of sp³-hybridized carbons (Fsp3) is 0.300. The molecule has 0 aliphatic carbocycles. The molecule has 0 bridgehead atoms. The standard InChI is InChI=1S/C10H12O2/c1-9-2-4-10(5-3-9)8-12-7-6-11/h2-6H,7-8H2,1H3. The molecule has 0 heterocycles. The summed E-state index contributed by atoms with van der Waals surface area (Å²) in [6.45, 7) is 2.73. The fourth-order valence-corrected chi connectivity index (χ4v) is 0.909. The van der Waals surface area contributed by atoms with Crippen LogP contribution in [0.25, 0.3) is 0 Å². The first-order valence-corrected chi connectivity index (χ1v) is 3.90. The molecule has 0 aliphatic heterocycles. The number of aryl methyl sites for hydroxylation is 1. The van der Waals surface area contributed by atoms with Crippen LogP contribution in [0.3, 0.4) is 0 Å². The van der Waals surface area contributed by atoms with Gasteiger partial charge in [-0.1, -0.05) is 29.8 Å². The van der Waals surface area contributed by atoms with Gasteiger partial charge in [-0.05, 0) is 12.5 Å². The molecule has 0 amide bonds. The Morgan fingerprint density at radius 2 is 2.00 bits per heavy atom. The highest BCUT2D eigenvalue weighted by Crippen LogP contribution is 2.03. The Morgan fingerprint density at radius 1 is 1.33 bits per heavy atom. The number of hydrogen-bond donors (Lipinski definition) is 0. The second kappa shape index (κ2) is 4.67. The smallest absolute Gasteiger partial charge is 0.145 e. The van der Waals surface area contributed by atoms with Crippen LogP contribution in [0.4, 0.5) is 0 Å². The monoisotopic (exact) mass is 164 g/mol. The Morgan fingerprint density at radius 3 is 2.58 bits per heavy atom. The van der Waals surface area contributed by atoms with Crippen molar-refractivity contribution in [3.05, 3.63) is 35.4 Å². The zero-order chi connectivity index (χ0) is 8.81. The van der Waals surface area contributed by atoms with Crippen LogP contribution in [0.5, 0.6) is 0 Å². The van der Waals surface area contributed by atoms with Crippen LogP contribution in [0.2, 0.25) is 0 Å². The second-order valence-corrected chi connectivity index (χ2v) is 2.67. The van der Waals surface area contributed by atoms with Gasteiger partial charge in [-0.15, -0.1) is 0 Å². The molecule has 0 saturated carbocycles. The molecule has 0 aromatic heterocycles. The SMILES string of the molecule is Cc1ccc(COCC=O)cc1. The van der Waals surface area contributed by atoms with E-state index in [2.05, 4.69) is 0 Å². The summed E-state index contributed by atoms with van der Waals surface area (Å²) in [7, 11) is 0. The van der Waals surface area contributed by atoms with Crippen LogP contribution < -0.4 is 0 Å². The van der Waals surface area contributed by atoms with Crippen molar-refractivity contribution in [3.8, 4) is 0 Å². The number of ether oxygens (including phenoxy) is 1. The highest BCUT2D eigenvalue weighted by molar-refractivity contribution is 5.50. The van der Waals surface area contributed by atoms with E-state index in [1.165, 1.54) is 5.56 Å². The zero-order valence-corrected chi connectivity index (χ0v) is 7.12. The van der Waals surface area contributed by atoms with Crippen LogP contribution in [-0.4, -0.2) is 12.9 Å². The van der Waals surface area contributed by atoms with Crippen LogP contribution in [-0.2, 0) is 16.1 Å². The average molecular weight is 164 g/mol. The lowest BCUT2D eigenvalue weighted by Crippen LogP contribution is -1.95. The first kappa shape index (κ1) is 8.94.